The lowest BCUT2D eigenvalue weighted by Crippen LogP contribution is -2.92. The number of methoxy groups -OCH3 is 1. The van der Waals surface area contributed by atoms with Crippen molar-refractivity contribution in [2.75, 3.05) is 21.3 Å². The van der Waals surface area contributed by atoms with Crippen LogP contribution in [0.3, 0.4) is 0 Å². The second-order valence-corrected chi connectivity index (χ2v) is 15.1. The van der Waals surface area contributed by atoms with Gasteiger partial charge in [-0.3, -0.25) is 14.4 Å². The van der Waals surface area contributed by atoms with Crippen LogP contribution in [0, 0.1) is 34.0 Å². The molecule has 2 aliphatic heterocycles. The van der Waals surface area contributed by atoms with E-state index < -0.39 is 86.5 Å². The first-order chi connectivity index (χ1) is 20.4. The lowest BCUT2D eigenvalue weighted by Gasteiger charge is -2.77. The number of carbonyl (C=O) groups excluding carboxylic acids is 2. The molecule has 12 nitrogen and oxygen atoms in total. The summed E-state index contributed by atoms with van der Waals surface area (Å²) >= 11 is 0. The third-order valence-electron chi connectivity index (χ3n) is 14.0. The van der Waals surface area contributed by atoms with Crippen LogP contribution in [0.2, 0.25) is 0 Å². The van der Waals surface area contributed by atoms with Gasteiger partial charge in [0.1, 0.15) is 28.5 Å². The minimum Gasteiger partial charge on any atom is -0.472 e. The zero-order valence-electron chi connectivity index (χ0n) is 26.7. The van der Waals surface area contributed by atoms with E-state index in [1.165, 1.54) is 33.8 Å². The first kappa shape index (κ1) is 30.6. The van der Waals surface area contributed by atoms with E-state index in [1.807, 2.05) is 20.8 Å². The number of esters is 1. The number of fused-ring (bicyclic) bond motifs is 2. The Labute approximate surface area is 256 Å². The fraction of sp³-hybridized carbons (Fsp3) is 0.812. The zero-order chi connectivity index (χ0) is 32.1. The number of hydrogen-bond acceptors (Lipinski definition) is 11. The van der Waals surface area contributed by atoms with Crippen molar-refractivity contribution in [3.8, 4) is 0 Å². The highest BCUT2D eigenvalue weighted by Crippen LogP contribution is 2.89. The van der Waals surface area contributed by atoms with Crippen LogP contribution in [-0.2, 0) is 33.4 Å². The number of hydroxylamine groups is 2. The molecule has 3 heterocycles. The number of hydrogen-bond donors (Lipinski definition) is 3. The average Bonchev–Trinajstić information content (AvgIpc) is 3.68. The summed E-state index contributed by atoms with van der Waals surface area (Å²) in [5.41, 5.74) is -8.53. The molecule has 13 unspecified atom stereocenters. The Morgan fingerprint density at radius 3 is 2.36 bits per heavy atom. The predicted octanol–water partition coefficient (Wildman–Crippen LogP) is 2.46. The Bertz CT molecular complexity index is 1400. The molecule has 0 aromatic carbocycles. The van der Waals surface area contributed by atoms with E-state index in [4.69, 9.17) is 28.2 Å². The van der Waals surface area contributed by atoms with E-state index in [9.17, 15) is 24.9 Å². The van der Waals surface area contributed by atoms with Crippen molar-refractivity contribution in [3.63, 3.8) is 0 Å². The predicted molar refractivity (Wildman–Crippen MR) is 150 cm³/mol. The number of amides is 1. The molecule has 1 amide bonds. The largest absolute Gasteiger partial charge is 0.472 e. The van der Waals surface area contributed by atoms with Crippen molar-refractivity contribution in [3.05, 3.63) is 24.2 Å². The Morgan fingerprint density at radius 1 is 1.07 bits per heavy atom. The smallest absolute Gasteiger partial charge is 0.305 e. The quantitative estimate of drug-likeness (QED) is 0.304. The summed E-state index contributed by atoms with van der Waals surface area (Å²) in [6.45, 7) is 9.47. The Balaban J connectivity index is 1.52. The number of rotatable bonds is 7. The van der Waals surface area contributed by atoms with Crippen LogP contribution in [0.1, 0.15) is 78.4 Å². The minimum absolute atomic E-state index is 0.0496. The van der Waals surface area contributed by atoms with Gasteiger partial charge in [0, 0.05) is 49.1 Å². The van der Waals surface area contributed by atoms with Crippen molar-refractivity contribution < 1.29 is 53.1 Å². The molecule has 1 aromatic rings. The summed E-state index contributed by atoms with van der Waals surface area (Å²) in [7, 11) is 4.24. The number of nitrogens with zero attached hydrogens (tertiary/aromatic N) is 1. The molecule has 3 N–H and O–H groups in total. The lowest BCUT2D eigenvalue weighted by atomic mass is 9.33. The highest BCUT2D eigenvalue weighted by molar-refractivity contribution is 5.76. The van der Waals surface area contributed by atoms with E-state index in [0.717, 1.165) is 5.06 Å². The van der Waals surface area contributed by atoms with Crippen molar-refractivity contribution >= 4 is 11.9 Å². The van der Waals surface area contributed by atoms with Gasteiger partial charge in [0.25, 0.3) is 5.97 Å². The van der Waals surface area contributed by atoms with Gasteiger partial charge in [-0.1, -0.05) is 27.7 Å². The van der Waals surface area contributed by atoms with Gasteiger partial charge >= 0.3 is 5.97 Å². The molecule has 1 aromatic heterocycles. The normalized spacial score (nSPS) is 53.4. The fourth-order valence-electron chi connectivity index (χ4n) is 12.0. The topological polar surface area (TPSA) is 157 Å². The first-order valence-corrected chi connectivity index (χ1v) is 15.5. The summed E-state index contributed by atoms with van der Waals surface area (Å²) in [6, 6.07) is 1.67. The molecule has 0 radical (unpaired) electrons. The van der Waals surface area contributed by atoms with Crippen LogP contribution in [0.25, 0.3) is 0 Å². The molecule has 44 heavy (non-hydrogen) atoms. The third-order valence-corrected chi connectivity index (χ3v) is 14.0. The molecule has 2 spiro atoms. The molecule has 4 aliphatic carbocycles. The maximum atomic E-state index is 13.8. The van der Waals surface area contributed by atoms with Crippen molar-refractivity contribution in [1.82, 2.24) is 5.06 Å². The van der Waals surface area contributed by atoms with Crippen LogP contribution < -0.4 is 0 Å². The second kappa shape index (κ2) is 8.64. The Morgan fingerprint density at radius 2 is 1.75 bits per heavy atom. The molecule has 6 aliphatic rings. The SMILES string of the molecule is COC(=O)CC1C2(C)CC34OC5(C)OC6(C(CC(=O)N(C)OC)C(C)(C(O)c7ccoc7)CCC6(O5)C13C)C(O)C4(O)C2C. The monoisotopic (exact) mass is 619 g/mol. The van der Waals surface area contributed by atoms with Crippen LogP contribution >= 0.6 is 0 Å². The Kier molecular flexibility index (Phi) is 6.01. The maximum Gasteiger partial charge on any atom is 0.305 e. The third kappa shape index (κ3) is 2.84. The van der Waals surface area contributed by atoms with Gasteiger partial charge in [-0.15, -0.1) is 0 Å². The number of aliphatic hydroxyl groups is 3. The van der Waals surface area contributed by atoms with Gasteiger partial charge in [0.15, 0.2) is 0 Å². The number of furan rings is 1. The number of ether oxygens (including phenoxy) is 4. The van der Waals surface area contributed by atoms with Crippen molar-refractivity contribution in [1.29, 1.82) is 0 Å². The van der Waals surface area contributed by atoms with E-state index in [1.54, 1.807) is 13.0 Å². The molecule has 12 heteroatoms. The molecular weight excluding hydrogens is 574 g/mol. The summed E-state index contributed by atoms with van der Waals surface area (Å²) in [4.78, 5) is 32.1. The van der Waals surface area contributed by atoms with Gasteiger partial charge in [-0.2, -0.15) is 0 Å². The van der Waals surface area contributed by atoms with Gasteiger partial charge < -0.3 is 38.7 Å². The second-order valence-electron chi connectivity index (χ2n) is 15.1. The maximum absolute atomic E-state index is 13.8. The van der Waals surface area contributed by atoms with E-state index in [2.05, 4.69) is 6.92 Å². The summed E-state index contributed by atoms with van der Waals surface area (Å²) in [5, 5.41) is 39.1. The molecule has 4 bridgehead atoms. The molecular formula is C32H45NO11. The number of aliphatic hydroxyl groups excluding tert-OH is 2. The van der Waals surface area contributed by atoms with E-state index in [0.29, 0.717) is 24.8 Å². The first-order valence-electron chi connectivity index (χ1n) is 15.5. The van der Waals surface area contributed by atoms with Crippen LogP contribution in [0.15, 0.2) is 23.0 Å². The highest BCUT2D eigenvalue weighted by atomic mass is 16.9. The van der Waals surface area contributed by atoms with Gasteiger partial charge in [-0.05, 0) is 42.6 Å². The molecule has 2 saturated heterocycles. The van der Waals surface area contributed by atoms with Crippen LogP contribution in [0.4, 0.5) is 0 Å². The lowest BCUT2D eigenvalue weighted by molar-refractivity contribution is -0.476. The number of carbonyl (C=O) groups is 2. The van der Waals surface area contributed by atoms with Crippen molar-refractivity contribution in [2.24, 2.45) is 34.0 Å². The molecule has 4 saturated carbocycles. The minimum atomic E-state index is -1.85. The highest BCUT2D eigenvalue weighted by Gasteiger charge is 3.01. The fourth-order valence-corrected chi connectivity index (χ4v) is 12.0. The van der Waals surface area contributed by atoms with Gasteiger partial charge in [0.05, 0.1) is 32.8 Å². The van der Waals surface area contributed by atoms with Gasteiger partial charge in [0.2, 0.25) is 5.91 Å². The molecule has 6 fully saturated rings. The average molecular weight is 620 g/mol. The van der Waals surface area contributed by atoms with Crippen LogP contribution in [-0.4, -0.2) is 88.0 Å². The molecule has 7 rings (SSSR count). The standard InChI is InChI=1S/C32H45NO11/c1-17-26(3)16-30-27(4,19(26)14-22(35)39-7)29-11-10-25(2,23(36)18-9-12-41-15-18)20(13-21(34)33(6)40-8)32(29,24(37)31(17,30)38)44-28(5,42-29)43-30/h9,12,15,17,19-20,23-24,36-38H,10-11,13-14,16H2,1-8H3. The van der Waals surface area contributed by atoms with Crippen LogP contribution in [0.5, 0.6) is 0 Å². The summed E-state index contributed by atoms with van der Waals surface area (Å²) < 4.78 is 31.3. The zero-order valence-corrected chi connectivity index (χ0v) is 26.7. The molecule has 13 atom stereocenters. The van der Waals surface area contributed by atoms with E-state index in [-0.39, 0.29) is 12.8 Å². The Hall–Kier alpha value is -2.06. The molecule has 244 valence electrons. The van der Waals surface area contributed by atoms with Crippen molar-refractivity contribution in [2.45, 2.75) is 107 Å². The summed E-state index contributed by atoms with van der Waals surface area (Å²) in [5.74, 6) is -4.34. The summed E-state index contributed by atoms with van der Waals surface area (Å²) in [6.07, 6.45) is 1.11. The van der Waals surface area contributed by atoms with Gasteiger partial charge in [-0.25, -0.2) is 5.06 Å². The van der Waals surface area contributed by atoms with E-state index >= 15 is 0 Å².